The summed E-state index contributed by atoms with van der Waals surface area (Å²) in [6.45, 7) is 1.86. The number of rotatable bonds is 7. The molecule has 7 nitrogen and oxygen atoms in total. The Morgan fingerprint density at radius 2 is 2.08 bits per heavy atom. The zero-order chi connectivity index (χ0) is 17.7. The highest BCUT2D eigenvalue weighted by Gasteiger charge is 2.20. The summed E-state index contributed by atoms with van der Waals surface area (Å²) < 4.78 is 25.3. The molecule has 1 saturated heterocycles. The Bertz CT molecular complexity index is 716. The second kappa shape index (κ2) is 7.76. The second-order valence-electron chi connectivity index (χ2n) is 5.91. The van der Waals surface area contributed by atoms with E-state index in [1.54, 1.807) is 17.0 Å². The van der Waals surface area contributed by atoms with Gasteiger partial charge in [0.1, 0.15) is 0 Å². The Morgan fingerprint density at radius 1 is 1.33 bits per heavy atom. The summed E-state index contributed by atoms with van der Waals surface area (Å²) in [5.41, 5.74) is 0.301. The number of nitrogens with zero attached hydrogens (tertiary/aromatic N) is 2. The zero-order valence-corrected chi connectivity index (χ0v) is 14.8. The van der Waals surface area contributed by atoms with E-state index >= 15 is 0 Å². The monoisotopic (exact) mass is 353 g/mol. The lowest BCUT2D eigenvalue weighted by Gasteiger charge is -2.15. The number of carbonyl (C=O) groups excluding carboxylic acids is 2. The summed E-state index contributed by atoms with van der Waals surface area (Å²) in [6.07, 6.45) is 2.19. The lowest BCUT2D eigenvalue weighted by Crippen LogP contribution is -2.30. The van der Waals surface area contributed by atoms with Crippen molar-refractivity contribution in [2.24, 2.45) is 0 Å². The van der Waals surface area contributed by atoms with E-state index in [1.807, 2.05) is 0 Å². The van der Waals surface area contributed by atoms with Crippen molar-refractivity contribution in [3.05, 3.63) is 29.8 Å². The average molecular weight is 353 g/mol. The van der Waals surface area contributed by atoms with Crippen LogP contribution in [0.4, 0.5) is 0 Å². The van der Waals surface area contributed by atoms with E-state index in [4.69, 9.17) is 0 Å². The maximum absolute atomic E-state index is 12.2. The Kier molecular flexibility index (Phi) is 5.95. The van der Waals surface area contributed by atoms with Crippen LogP contribution in [0.1, 0.15) is 29.6 Å². The molecular formula is C16H23N3O4S. The highest BCUT2D eigenvalue weighted by Crippen LogP contribution is 2.15. The van der Waals surface area contributed by atoms with E-state index in [0.29, 0.717) is 31.5 Å². The highest BCUT2D eigenvalue weighted by atomic mass is 32.2. The topological polar surface area (TPSA) is 86.8 Å². The number of benzene rings is 1. The lowest BCUT2D eigenvalue weighted by molar-refractivity contribution is -0.127. The van der Waals surface area contributed by atoms with Gasteiger partial charge in [-0.2, -0.15) is 0 Å². The van der Waals surface area contributed by atoms with Gasteiger partial charge in [-0.3, -0.25) is 9.59 Å². The van der Waals surface area contributed by atoms with Gasteiger partial charge in [-0.15, -0.1) is 0 Å². The normalized spacial score (nSPS) is 15.1. The fraction of sp³-hybridized carbons (Fsp3) is 0.500. The number of amides is 2. The van der Waals surface area contributed by atoms with Gasteiger partial charge in [0.25, 0.3) is 5.91 Å². The number of hydrogen-bond donors (Lipinski definition) is 1. The summed E-state index contributed by atoms with van der Waals surface area (Å²) >= 11 is 0. The van der Waals surface area contributed by atoms with Gasteiger partial charge in [0.2, 0.25) is 15.9 Å². The molecule has 1 aliphatic heterocycles. The summed E-state index contributed by atoms with van der Waals surface area (Å²) in [5, 5.41) is 2.76. The van der Waals surface area contributed by atoms with Crippen molar-refractivity contribution in [1.29, 1.82) is 0 Å². The molecule has 0 unspecified atom stereocenters. The van der Waals surface area contributed by atoms with E-state index in [9.17, 15) is 18.0 Å². The van der Waals surface area contributed by atoms with Crippen LogP contribution in [0.5, 0.6) is 0 Å². The minimum Gasteiger partial charge on any atom is -0.352 e. The predicted molar refractivity (Wildman–Crippen MR) is 90.1 cm³/mol. The molecule has 0 radical (unpaired) electrons. The summed E-state index contributed by atoms with van der Waals surface area (Å²) in [7, 11) is -0.674. The van der Waals surface area contributed by atoms with Gasteiger partial charge >= 0.3 is 0 Å². The van der Waals surface area contributed by atoms with E-state index in [-0.39, 0.29) is 16.7 Å². The van der Waals surface area contributed by atoms with Crippen molar-refractivity contribution in [3.8, 4) is 0 Å². The molecule has 1 aliphatic rings. The van der Waals surface area contributed by atoms with Gasteiger partial charge < -0.3 is 10.2 Å². The summed E-state index contributed by atoms with van der Waals surface area (Å²) in [5.74, 6) is -0.151. The van der Waals surface area contributed by atoms with Gasteiger partial charge in [0, 0.05) is 45.7 Å². The van der Waals surface area contributed by atoms with Gasteiger partial charge in [0.05, 0.1) is 4.90 Å². The van der Waals surface area contributed by atoms with Gasteiger partial charge in [-0.25, -0.2) is 12.7 Å². The number of nitrogens with one attached hydrogen (secondary N) is 1. The first-order chi connectivity index (χ1) is 11.3. The third-order valence-electron chi connectivity index (χ3n) is 3.94. The van der Waals surface area contributed by atoms with Gasteiger partial charge in [-0.1, -0.05) is 6.07 Å². The third-order valence-corrected chi connectivity index (χ3v) is 5.75. The van der Waals surface area contributed by atoms with Crippen LogP contribution in [0.2, 0.25) is 0 Å². The molecule has 0 spiro atoms. The molecule has 24 heavy (non-hydrogen) atoms. The molecule has 0 aromatic heterocycles. The molecule has 0 saturated carbocycles. The van der Waals surface area contributed by atoms with Crippen LogP contribution in [0.25, 0.3) is 0 Å². The Balaban J connectivity index is 1.89. The van der Waals surface area contributed by atoms with E-state index in [2.05, 4.69) is 5.32 Å². The van der Waals surface area contributed by atoms with Crippen LogP contribution in [0.3, 0.4) is 0 Å². The largest absolute Gasteiger partial charge is 0.352 e. The first kappa shape index (κ1) is 18.4. The van der Waals surface area contributed by atoms with E-state index < -0.39 is 10.0 Å². The van der Waals surface area contributed by atoms with E-state index in [0.717, 1.165) is 17.3 Å². The summed E-state index contributed by atoms with van der Waals surface area (Å²) in [6, 6.07) is 5.96. The van der Waals surface area contributed by atoms with Crippen molar-refractivity contribution >= 4 is 21.8 Å². The van der Waals surface area contributed by atoms with Crippen LogP contribution in [0.15, 0.2) is 29.2 Å². The molecule has 2 rings (SSSR count). The molecule has 2 amide bonds. The molecule has 1 heterocycles. The van der Waals surface area contributed by atoms with E-state index in [1.165, 1.54) is 26.2 Å². The van der Waals surface area contributed by atoms with Crippen molar-refractivity contribution < 1.29 is 18.0 Å². The van der Waals surface area contributed by atoms with Crippen LogP contribution in [-0.4, -0.2) is 63.2 Å². The highest BCUT2D eigenvalue weighted by molar-refractivity contribution is 7.89. The summed E-state index contributed by atoms with van der Waals surface area (Å²) in [4.78, 5) is 25.5. The molecule has 0 atom stereocenters. The van der Waals surface area contributed by atoms with Crippen LogP contribution >= 0.6 is 0 Å². The van der Waals surface area contributed by atoms with Crippen LogP contribution < -0.4 is 5.32 Å². The maximum atomic E-state index is 12.2. The quantitative estimate of drug-likeness (QED) is 0.730. The van der Waals surface area contributed by atoms with Crippen molar-refractivity contribution in [2.45, 2.75) is 24.2 Å². The number of hydrogen-bond acceptors (Lipinski definition) is 4. The molecular weight excluding hydrogens is 330 g/mol. The first-order valence-corrected chi connectivity index (χ1v) is 9.35. The molecule has 1 aromatic rings. The van der Waals surface area contributed by atoms with Crippen molar-refractivity contribution in [1.82, 2.24) is 14.5 Å². The predicted octanol–water partition coefficient (Wildman–Crippen LogP) is 0.679. The molecule has 0 bridgehead atoms. The fourth-order valence-electron chi connectivity index (χ4n) is 2.52. The van der Waals surface area contributed by atoms with Crippen molar-refractivity contribution in [2.75, 3.05) is 33.7 Å². The fourth-order valence-corrected chi connectivity index (χ4v) is 3.47. The lowest BCUT2D eigenvalue weighted by atomic mass is 10.2. The minimum atomic E-state index is -3.57. The van der Waals surface area contributed by atoms with Gasteiger partial charge in [0.15, 0.2) is 0 Å². The van der Waals surface area contributed by atoms with Crippen LogP contribution in [0, 0.1) is 0 Å². The Morgan fingerprint density at radius 3 is 2.71 bits per heavy atom. The minimum absolute atomic E-state index is 0.0859. The third kappa shape index (κ3) is 4.33. The molecule has 132 valence electrons. The Labute approximate surface area is 142 Å². The molecule has 0 aliphatic carbocycles. The number of sulfonamides is 1. The first-order valence-electron chi connectivity index (χ1n) is 7.91. The number of carbonyl (C=O) groups is 2. The smallest absolute Gasteiger partial charge is 0.251 e. The molecule has 8 heteroatoms. The number of likely N-dealkylation sites (tertiary alicyclic amines) is 1. The zero-order valence-electron chi connectivity index (χ0n) is 14.0. The molecule has 1 aromatic carbocycles. The van der Waals surface area contributed by atoms with Crippen LogP contribution in [-0.2, 0) is 14.8 Å². The SMILES string of the molecule is CN(C)S(=O)(=O)c1cccc(C(=O)NCCCN2CCCC2=O)c1. The molecule has 1 fully saturated rings. The Hall–Kier alpha value is -1.93. The maximum Gasteiger partial charge on any atom is 0.251 e. The average Bonchev–Trinajstić information content (AvgIpc) is 2.96. The van der Waals surface area contributed by atoms with Gasteiger partial charge in [-0.05, 0) is 31.0 Å². The molecule has 1 N–H and O–H groups in total. The standard InChI is InChI=1S/C16H23N3O4S/c1-18(2)24(22,23)14-7-3-6-13(12-14)16(21)17-9-5-11-19-10-4-8-15(19)20/h3,6-7,12H,4-5,8-11H2,1-2H3,(H,17,21). The van der Waals surface area contributed by atoms with Crippen molar-refractivity contribution in [3.63, 3.8) is 0 Å². The second-order valence-corrected chi connectivity index (χ2v) is 8.06.